The molecule has 0 saturated heterocycles. The molecule has 0 unspecified atom stereocenters. The van der Waals surface area contributed by atoms with Gasteiger partial charge in [-0.05, 0) is 47.5 Å². The summed E-state index contributed by atoms with van der Waals surface area (Å²) in [5.41, 5.74) is -0.110. The van der Waals surface area contributed by atoms with E-state index >= 15 is 0 Å². The average molecular weight is 276 g/mol. The van der Waals surface area contributed by atoms with Gasteiger partial charge in [-0.2, -0.15) is 0 Å². The van der Waals surface area contributed by atoms with Crippen LogP contribution in [0.25, 0.3) is 11.4 Å². The Hall–Kier alpha value is -2.31. The molecule has 1 N–H and O–H groups in total. The van der Waals surface area contributed by atoms with Gasteiger partial charge in [-0.3, -0.25) is 4.79 Å². The molecule has 1 aromatic heterocycles. The topological polar surface area (TPSA) is 80.9 Å². The number of carboxylic acid groups (broad SMARTS) is 1. The second-order valence-electron chi connectivity index (χ2n) is 5.11. The first-order valence-corrected chi connectivity index (χ1v) is 6.36. The maximum absolute atomic E-state index is 12.9. The zero-order valence-electron chi connectivity index (χ0n) is 10.7. The second-order valence-corrected chi connectivity index (χ2v) is 5.11. The predicted octanol–water partition coefficient (Wildman–Crippen LogP) is 1.73. The summed E-state index contributed by atoms with van der Waals surface area (Å²) >= 11 is 0. The first-order valence-electron chi connectivity index (χ1n) is 6.36. The summed E-state index contributed by atoms with van der Waals surface area (Å²) in [6, 6.07) is 5.80. The number of hydrogen-bond acceptors (Lipinski definition) is 4. The van der Waals surface area contributed by atoms with Crippen LogP contribution in [0.5, 0.6) is 0 Å². The molecule has 2 aromatic rings. The Morgan fingerprint density at radius 2 is 2.05 bits per heavy atom. The number of rotatable bonds is 4. The fourth-order valence-electron chi connectivity index (χ4n) is 2.45. The van der Waals surface area contributed by atoms with Crippen molar-refractivity contribution >= 4 is 5.97 Å². The fraction of sp³-hybridized carbons (Fsp3) is 0.385. The minimum atomic E-state index is -0.815. The van der Waals surface area contributed by atoms with E-state index in [1.807, 2.05) is 0 Å². The second kappa shape index (κ2) is 4.66. The Balaban J connectivity index is 1.91. The van der Waals surface area contributed by atoms with Gasteiger partial charge >= 0.3 is 5.97 Å². The lowest BCUT2D eigenvalue weighted by Crippen LogP contribution is -2.42. The van der Waals surface area contributed by atoms with Crippen molar-refractivity contribution in [2.45, 2.75) is 25.8 Å². The largest absolute Gasteiger partial charge is 0.481 e. The smallest absolute Gasteiger partial charge is 0.311 e. The number of carboxylic acids is 1. The number of nitrogens with zero attached hydrogens (tertiary/aromatic N) is 4. The van der Waals surface area contributed by atoms with Crippen molar-refractivity contribution in [3.05, 3.63) is 30.1 Å². The Bertz CT molecular complexity index is 634. The summed E-state index contributed by atoms with van der Waals surface area (Å²) in [4.78, 5) is 11.4. The van der Waals surface area contributed by atoms with Crippen molar-refractivity contribution < 1.29 is 14.3 Å². The number of aliphatic carboxylic acids is 1. The van der Waals surface area contributed by atoms with Gasteiger partial charge in [0.2, 0.25) is 0 Å². The molecule has 1 heterocycles. The SMILES string of the molecule is O=C(O)C1(Cn2nnnc2-c2ccc(F)cc2)CCC1. The van der Waals surface area contributed by atoms with Crippen molar-refractivity contribution in [3.8, 4) is 11.4 Å². The van der Waals surface area contributed by atoms with E-state index in [0.717, 1.165) is 6.42 Å². The van der Waals surface area contributed by atoms with Crippen LogP contribution in [-0.4, -0.2) is 31.3 Å². The first-order chi connectivity index (χ1) is 9.61. The van der Waals surface area contributed by atoms with Crippen LogP contribution in [0.3, 0.4) is 0 Å². The van der Waals surface area contributed by atoms with Gasteiger partial charge in [0.05, 0.1) is 12.0 Å². The Labute approximate surface area is 114 Å². The normalized spacial score (nSPS) is 16.6. The third kappa shape index (κ3) is 2.04. The van der Waals surface area contributed by atoms with Gasteiger partial charge in [0.15, 0.2) is 5.82 Å². The van der Waals surface area contributed by atoms with Crippen molar-refractivity contribution in [1.82, 2.24) is 20.2 Å². The van der Waals surface area contributed by atoms with E-state index in [4.69, 9.17) is 0 Å². The fourth-order valence-corrected chi connectivity index (χ4v) is 2.45. The minimum absolute atomic E-state index is 0.238. The number of halogens is 1. The molecule has 104 valence electrons. The molecule has 0 bridgehead atoms. The van der Waals surface area contributed by atoms with Crippen LogP contribution in [0.4, 0.5) is 4.39 Å². The van der Waals surface area contributed by atoms with Crippen molar-refractivity contribution in [2.24, 2.45) is 5.41 Å². The minimum Gasteiger partial charge on any atom is -0.481 e. The van der Waals surface area contributed by atoms with Crippen LogP contribution >= 0.6 is 0 Å². The number of carbonyl (C=O) groups is 1. The summed E-state index contributed by atoms with van der Waals surface area (Å²) in [6.07, 6.45) is 2.16. The molecule has 1 fully saturated rings. The molecule has 0 amide bonds. The standard InChI is InChI=1S/C13H13FN4O2/c14-10-4-2-9(3-5-10)11-15-16-17-18(11)8-13(12(19)20)6-1-7-13/h2-5H,1,6-8H2,(H,19,20). The molecule has 1 aromatic carbocycles. The molecule has 1 aliphatic carbocycles. The molecule has 0 spiro atoms. The maximum Gasteiger partial charge on any atom is 0.311 e. The van der Waals surface area contributed by atoms with Gasteiger partial charge in [-0.15, -0.1) is 5.10 Å². The van der Waals surface area contributed by atoms with Crippen LogP contribution in [0.2, 0.25) is 0 Å². The van der Waals surface area contributed by atoms with E-state index in [2.05, 4.69) is 15.5 Å². The Morgan fingerprint density at radius 1 is 1.35 bits per heavy atom. The van der Waals surface area contributed by atoms with Gasteiger partial charge in [-0.1, -0.05) is 6.42 Å². The lowest BCUT2D eigenvalue weighted by atomic mass is 9.69. The molecule has 0 atom stereocenters. The Kier molecular flexibility index (Phi) is 2.96. The predicted molar refractivity (Wildman–Crippen MR) is 67.1 cm³/mol. The zero-order valence-corrected chi connectivity index (χ0v) is 10.7. The summed E-state index contributed by atoms with van der Waals surface area (Å²) < 4.78 is 14.4. The van der Waals surface area contributed by atoms with Crippen LogP contribution in [0, 0.1) is 11.2 Å². The van der Waals surface area contributed by atoms with Gasteiger partial charge in [0.1, 0.15) is 5.82 Å². The zero-order chi connectivity index (χ0) is 14.2. The van der Waals surface area contributed by atoms with Crippen molar-refractivity contribution in [1.29, 1.82) is 0 Å². The molecule has 6 nitrogen and oxygen atoms in total. The van der Waals surface area contributed by atoms with Gasteiger partial charge in [0, 0.05) is 5.56 Å². The number of benzene rings is 1. The molecule has 0 radical (unpaired) electrons. The summed E-state index contributed by atoms with van der Waals surface area (Å²) in [5.74, 6) is -0.699. The average Bonchev–Trinajstić information content (AvgIpc) is 2.82. The van der Waals surface area contributed by atoms with Crippen LogP contribution in [0.1, 0.15) is 19.3 Å². The quantitative estimate of drug-likeness (QED) is 0.919. The lowest BCUT2D eigenvalue weighted by Gasteiger charge is -2.37. The summed E-state index contributed by atoms with van der Waals surface area (Å²) in [7, 11) is 0. The highest BCUT2D eigenvalue weighted by atomic mass is 19.1. The van der Waals surface area contributed by atoms with Gasteiger partial charge < -0.3 is 5.11 Å². The molecule has 20 heavy (non-hydrogen) atoms. The first kappa shape index (κ1) is 12.7. The van der Waals surface area contributed by atoms with E-state index in [-0.39, 0.29) is 12.4 Å². The number of tetrazole rings is 1. The molecular formula is C13H13FN4O2. The lowest BCUT2D eigenvalue weighted by molar-refractivity contribution is -0.156. The molecule has 3 rings (SSSR count). The Morgan fingerprint density at radius 3 is 2.60 bits per heavy atom. The van der Waals surface area contributed by atoms with Crippen molar-refractivity contribution in [3.63, 3.8) is 0 Å². The van der Waals surface area contributed by atoms with Crippen LogP contribution in [0.15, 0.2) is 24.3 Å². The molecular weight excluding hydrogens is 263 g/mol. The van der Waals surface area contributed by atoms with E-state index in [9.17, 15) is 14.3 Å². The van der Waals surface area contributed by atoms with Crippen LogP contribution in [-0.2, 0) is 11.3 Å². The highest BCUT2D eigenvalue weighted by molar-refractivity contribution is 5.75. The highest BCUT2D eigenvalue weighted by Crippen LogP contribution is 2.42. The molecule has 1 saturated carbocycles. The maximum atomic E-state index is 12.9. The van der Waals surface area contributed by atoms with E-state index < -0.39 is 11.4 Å². The third-order valence-electron chi connectivity index (χ3n) is 3.85. The molecule has 7 heteroatoms. The highest BCUT2D eigenvalue weighted by Gasteiger charge is 2.45. The van der Waals surface area contributed by atoms with E-state index in [1.165, 1.54) is 16.8 Å². The van der Waals surface area contributed by atoms with E-state index in [1.54, 1.807) is 12.1 Å². The monoisotopic (exact) mass is 276 g/mol. The van der Waals surface area contributed by atoms with Crippen LogP contribution < -0.4 is 0 Å². The van der Waals surface area contributed by atoms with Gasteiger partial charge in [-0.25, -0.2) is 9.07 Å². The third-order valence-corrected chi connectivity index (χ3v) is 3.85. The number of aromatic nitrogens is 4. The summed E-state index contributed by atoms with van der Waals surface area (Å²) in [6.45, 7) is 0.238. The van der Waals surface area contributed by atoms with Crippen molar-refractivity contribution in [2.75, 3.05) is 0 Å². The molecule has 0 aliphatic heterocycles. The van der Waals surface area contributed by atoms with E-state index in [0.29, 0.717) is 24.2 Å². The number of hydrogen-bond donors (Lipinski definition) is 1. The molecule has 1 aliphatic rings. The van der Waals surface area contributed by atoms with Gasteiger partial charge in [0.25, 0.3) is 0 Å². The summed E-state index contributed by atoms with van der Waals surface area (Å²) in [5, 5.41) is 20.7.